The van der Waals surface area contributed by atoms with Gasteiger partial charge in [-0.25, -0.2) is 0 Å². The van der Waals surface area contributed by atoms with Crippen LogP contribution in [0.4, 0.5) is 0 Å². The second-order valence-electron chi connectivity index (χ2n) is 3.20. The van der Waals surface area contributed by atoms with E-state index < -0.39 is 0 Å². The van der Waals surface area contributed by atoms with E-state index in [4.69, 9.17) is 0 Å². The summed E-state index contributed by atoms with van der Waals surface area (Å²) in [5.74, 6) is 0.614. The van der Waals surface area contributed by atoms with Crippen molar-refractivity contribution in [1.82, 2.24) is 0 Å². The molecule has 1 aliphatic rings. The van der Waals surface area contributed by atoms with E-state index in [1.165, 1.54) is 17.8 Å². The fraction of sp³-hybridized carbons (Fsp3) is 0.778. The molecule has 2 heteroatoms. The molecule has 0 saturated carbocycles. The minimum atomic E-state index is 0.614. The average molecular weight is 152 g/mol. The molecule has 1 rings (SSSR count). The minimum absolute atomic E-state index is 0.614. The average Bonchev–Trinajstić information content (AvgIpc) is 2.16. The highest BCUT2D eigenvalue weighted by molar-refractivity contribution is 5.90. The van der Waals surface area contributed by atoms with Crippen LogP contribution < -0.4 is 0 Å². The van der Waals surface area contributed by atoms with Gasteiger partial charge in [0.1, 0.15) is 0 Å². The van der Waals surface area contributed by atoms with Crippen LogP contribution in [0.15, 0.2) is 10.2 Å². The van der Waals surface area contributed by atoms with Crippen molar-refractivity contribution in [2.24, 2.45) is 16.1 Å². The zero-order valence-corrected chi connectivity index (χ0v) is 7.59. The molecule has 0 aromatic carbocycles. The summed E-state index contributed by atoms with van der Waals surface area (Å²) < 4.78 is 0. The van der Waals surface area contributed by atoms with Crippen molar-refractivity contribution in [3.05, 3.63) is 0 Å². The Morgan fingerprint density at radius 2 is 2.18 bits per heavy atom. The summed E-state index contributed by atoms with van der Waals surface area (Å²) in [6.07, 6.45) is 3.38. The van der Waals surface area contributed by atoms with Crippen molar-refractivity contribution < 1.29 is 0 Å². The molecule has 1 atom stereocenters. The van der Waals surface area contributed by atoms with Gasteiger partial charge in [0.05, 0.1) is 0 Å². The first-order valence-electron chi connectivity index (χ1n) is 4.34. The van der Waals surface area contributed by atoms with Crippen LogP contribution in [0.1, 0.15) is 40.0 Å². The van der Waals surface area contributed by atoms with Crippen molar-refractivity contribution in [2.75, 3.05) is 0 Å². The van der Waals surface area contributed by atoms with Crippen LogP contribution in [0.25, 0.3) is 0 Å². The third-order valence-corrected chi connectivity index (χ3v) is 2.34. The van der Waals surface area contributed by atoms with E-state index in [-0.39, 0.29) is 0 Å². The number of hydrogen-bond donors (Lipinski definition) is 0. The predicted molar refractivity (Wildman–Crippen MR) is 49.2 cm³/mol. The summed E-state index contributed by atoms with van der Waals surface area (Å²) in [7, 11) is 0. The van der Waals surface area contributed by atoms with E-state index in [9.17, 15) is 0 Å². The lowest BCUT2D eigenvalue weighted by molar-refractivity contribution is 0.707. The highest BCUT2D eigenvalue weighted by Crippen LogP contribution is 2.13. The van der Waals surface area contributed by atoms with Gasteiger partial charge in [-0.15, -0.1) is 0 Å². The first kappa shape index (κ1) is 8.44. The summed E-state index contributed by atoms with van der Waals surface area (Å²) in [4.78, 5) is 0. The Bertz CT molecular complexity index is 186. The summed E-state index contributed by atoms with van der Waals surface area (Å²) in [5.41, 5.74) is 2.42. The van der Waals surface area contributed by atoms with Gasteiger partial charge in [0, 0.05) is 11.4 Å². The molecular formula is C9H16N2. The van der Waals surface area contributed by atoms with Crippen LogP contribution in [0.2, 0.25) is 0 Å². The van der Waals surface area contributed by atoms with Crippen LogP contribution in [-0.2, 0) is 0 Å². The Kier molecular flexibility index (Phi) is 2.80. The van der Waals surface area contributed by atoms with Crippen molar-refractivity contribution in [2.45, 2.75) is 40.0 Å². The van der Waals surface area contributed by atoms with E-state index >= 15 is 0 Å². The first-order chi connectivity index (χ1) is 5.24. The Labute approximate surface area is 68.4 Å². The molecule has 0 radical (unpaired) electrons. The molecular weight excluding hydrogens is 136 g/mol. The Hall–Kier alpha value is -0.660. The van der Waals surface area contributed by atoms with Gasteiger partial charge in [-0.1, -0.05) is 13.8 Å². The van der Waals surface area contributed by atoms with Gasteiger partial charge in [0.25, 0.3) is 0 Å². The van der Waals surface area contributed by atoms with Crippen molar-refractivity contribution in [3.8, 4) is 0 Å². The molecule has 0 saturated heterocycles. The molecule has 0 bridgehead atoms. The number of rotatable bonds is 1. The van der Waals surface area contributed by atoms with Crippen LogP contribution in [0, 0.1) is 5.92 Å². The van der Waals surface area contributed by atoms with E-state index in [2.05, 4.69) is 31.0 Å². The summed E-state index contributed by atoms with van der Waals surface area (Å²) in [5, 5.41) is 8.34. The Morgan fingerprint density at radius 1 is 1.45 bits per heavy atom. The van der Waals surface area contributed by atoms with Gasteiger partial charge < -0.3 is 0 Å². The summed E-state index contributed by atoms with van der Waals surface area (Å²) in [6, 6.07) is 0. The SMILES string of the molecule is CCC1=NN=C(C)C(C)CC1. The molecule has 0 fully saturated rings. The van der Waals surface area contributed by atoms with E-state index in [0.29, 0.717) is 5.92 Å². The molecule has 1 heterocycles. The maximum atomic E-state index is 4.18. The monoisotopic (exact) mass is 152 g/mol. The first-order valence-corrected chi connectivity index (χ1v) is 4.34. The maximum absolute atomic E-state index is 4.18. The Balaban J connectivity index is 2.67. The molecule has 0 aliphatic carbocycles. The number of nitrogens with zero attached hydrogens (tertiary/aromatic N) is 2. The molecule has 0 N–H and O–H groups in total. The fourth-order valence-electron chi connectivity index (χ4n) is 1.14. The second kappa shape index (κ2) is 3.65. The van der Waals surface area contributed by atoms with Crippen molar-refractivity contribution in [1.29, 1.82) is 0 Å². The second-order valence-corrected chi connectivity index (χ2v) is 3.20. The summed E-state index contributed by atoms with van der Waals surface area (Å²) in [6.45, 7) is 6.42. The van der Waals surface area contributed by atoms with E-state index in [0.717, 1.165) is 12.8 Å². The molecule has 1 unspecified atom stereocenters. The smallest absolute Gasteiger partial charge is 0.0403 e. The van der Waals surface area contributed by atoms with Crippen molar-refractivity contribution >= 4 is 11.4 Å². The van der Waals surface area contributed by atoms with Gasteiger partial charge in [-0.2, -0.15) is 10.2 Å². The molecule has 0 amide bonds. The van der Waals surface area contributed by atoms with Gasteiger partial charge in [-0.05, 0) is 32.1 Å². The molecule has 0 aromatic rings. The molecule has 0 aromatic heterocycles. The van der Waals surface area contributed by atoms with Crippen molar-refractivity contribution in [3.63, 3.8) is 0 Å². The molecule has 2 nitrogen and oxygen atoms in total. The van der Waals surface area contributed by atoms with E-state index in [1.807, 2.05) is 0 Å². The third kappa shape index (κ3) is 2.14. The molecule has 62 valence electrons. The third-order valence-electron chi connectivity index (χ3n) is 2.34. The number of hydrogen-bond acceptors (Lipinski definition) is 2. The fourth-order valence-corrected chi connectivity index (χ4v) is 1.14. The van der Waals surface area contributed by atoms with Gasteiger partial charge in [-0.3, -0.25) is 0 Å². The largest absolute Gasteiger partial charge is 0.160 e. The lowest BCUT2D eigenvalue weighted by atomic mass is 9.99. The van der Waals surface area contributed by atoms with E-state index in [1.54, 1.807) is 0 Å². The zero-order chi connectivity index (χ0) is 8.27. The minimum Gasteiger partial charge on any atom is -0.160 e. The maximum Gasteiger partial charge on any atom is 0.0403 e. The molecule has 1 aliphatic heterocycles. The molecule has 0 spiro atoms. The highest BCUT2D eigenvalue weighted by atomic mass is 15.2. The van der Waals surface area contributed by atoms with Crippen LogP contribution in [0.5, 0.6) is 0 Å². The zero-order valence-electron chi connectivity index (χ0n) is 7.59. The van der Waals surface area contributed by atoms with Gasteiger partial charge in [0.15, 0.2) is 0 Å². The van der Waals surface area contributed by atoms with Crippen LogP contribution in [-0.4, -0.2) is 11.4 Å². The Morgan fingerprint density at radius 3 is 2.82 bits per heavy atom. The lowest BCUT2D eigenvalue weighted by Crippen LogP contribution is -2.05. The molecule has 11 heavy (non-hydrogen) atoms. The lowest BCUT2D eigenvalue weighted by Gasteiger charge is -2.05. The van der Waals surface area contributed by atoms with Crippen LogP contribution in [0.3, 0.4) is 0 Å². The van der Waals surface area contributed by atoms with Gasteiger partial charge in [0.2, 0.25) is 0 Å². The van der Waals surface area contributed by atoms with Gasteiger partial charge >= 0.3 is 0 Å². The quantitative estimate of drug-likeness (QED) is 0.552. The predicted octanol–water partition coefficient (Wildman–Crippen LogP) is 2.64. The topological polar surface area (TPSA) is 24.7 Å². The normalized spacial score (nSPS) is 25.5. The standard InChI is InChI=1S/C9H16N2/c1-4-9-6-5-7(2)8(3)10-11-9/h7H,4-6H2,1-3H3. The summed E-state index contributed by atoms with van der Waals surface area (Å²) >= 11 is 0. The highest BCUT2D eigenvalue weighted by Gasteiger charge is 2.10. The van der Waals surface area contributed by atoms with Crippen LogP contribution >= 0.6 is 0 Å².